The highest BCUT2D eigenvalue weighted by Gasteiger charge is 2.52. The minimum atomic E-state index is -1.20. The zero-order valence-corrected chi connectivity index (χ0v) is 25.2. The predicted octanol–water partition coefficient (Wildman–Crippen LogP) is 1.08. The van der Waals surface area contributed by atoms with E-state index in [9.17, 15) is 28.8 Å². The fourth-order valence-corrected chi connectivity index (χ4v) is 4.59. The molecule has 0 radical (unpaired) electrons. The van der Waals surface area contributed by atoms with E-state index in [1.54, 1.807) is 0 Å². The van der Waals surface area contributed by atoms with Gasteiger partial charge in [-0.3, -0.25) is 0 Å². The predicted molar refractivity (Wildman–Crippen MR) is 147 cm³/mol. The molecule has 15 nitrogen and oxygen atoms in total. The van der Waals surface area contributed by atoms with Crippen molar-refractivity contribution >= 4 is 35.8 Å². The fourth-order valence-electron chi connectivity index (χ4n) is 4.59. The van der Waals surface area contributed by atoms with Crippen LogP contribution in [0.25, 0.3) is 0 Å². The summed E-state index contributed by atoms with van der Waals surface area (Å²) in [6.45, 7) is 0.370. The van der Waals surface area contributed by atoms with Crippen LogP contribution in [0.3, 0.4) is 0 Å². The van der Waals surface area contributed by atoms with Gasteiger partial charge in [-0.2, -0.15) is 0 Å². The maximum atomic E-state index is 12.1. The van der Waals surface area contributed by atoms with Crippen LogP contribution in [-0.2, 0) is 66.7 Å². The molecule has 0 saturated carbocycles. The molecule has 2 unspecified atom stereocenters. The average Bonchev–Trinajstić information content (AvgIpc) is 3.61. The summed E-state index contributed by atoms with van der Waals surface area (Å²) in [6, 6.07) is 0. The van der Waals surface area contributed by atoms with E-state index in [1.165, 1.54) is 0 Å². The number of ether oxygens (including phenoxy) is 8. The number of rotatable bonds is 19. The van der Waals surface area contributed by atoms with Gasteiger partial charge < -0.3 is 43.0 Å². The van der Waals surface area contributed by atoms with E-state index in [-0.39, 0.29) is 39.6 Å². The van der Waals surface area contributed by atoms with Crippen molar-refractivity contribution in [3.05, 3.63) is 0 Å². The molecule has 2 fully saturated rings. The third kappa shape index (κ3) is 13.6. The molecule has 0 aliphatic carbocycles. The van der Waals surface area contributed by atoms with E-state index in [4.69, 9.17) is 38.3 Å². The summed E-state index contributed by atoms with van der Waals surface area (Å²) < 4.78 is 40.2. The van der Waals surface area contributed by atoms with Gasteiger partial charge in [-0.15, -0.1) is 0 Å². The SMILES string of the molecule is COC(=O)C(=O)O[C@H]1COC2C1OC[C@@H]2OC(=O)C(=O)OCCCCCCCCOC(=O)C(=O)OCCCCCCCCO. The molecule has 2 rings (SSSR count). The lowest BCUT2D eigenvalue weighted by Crippen LogP contribution is -2.38. The number of aliphatic hydroxyl groups excluding tert-OH is 1. The lowest BCUT2D eigenvalue weighted by Gasteiger charge is -2.16. The highest BCUT2D eigenvalue weighted by atomic mass is 16.7. The number of esters is 6. The monoisotopic (exact) mass is 632 g/mol. The molecular weight excluding hydrogens is 588 g/mol. The van der Waals surface area contributed by atoms with Crippen molar-refractivity contribution in [3.8, 4) is 0 Å². The van der Waals surface area contributed by atoms with Crippen LogP contribution >= 0.6 is 0 Å². The molecule has 0 amide bonds. The number of fused-ring (bicyclic) bond motifs is 1. The summed E-state index contributed by atoms with van der Waals surface area (Å²) in [5, 5.41) is 8.73. The van der Waals surface area contributed by atoms with E-state index >= 15 is 0 Å². The van der Waals surface area contributed by atoms with E-state index in [0.29, 0.717) is 19.3 Å². The molecule has 15 heteroatoms. The Bertz CT molecular complexity index is 936. The van der Waals surface area contributed by atoms with Crippen molar-refractivity contribution in [1.29, 1.82) is 0 Å². The van der Waals surface area contributed by atoms with Crippen LogP contribution in [0.4, 0.5) is 0 Å². The summed E-state index contributed by atoms with van der Waals surface area (Å²) in [6.07, 6.45) is 6.34. The Morgan fingerprint density at radius 1 is 0.523 bits per heavy atom. The zero-order chi connectivity index (χ0) is 32.2. The molecule has 0 aromatic heterocycles. The highest BCUT2D eigenvalue weighted by molar-refractivity contribution is 6.30. The van der Waals surface area contributed by atoms with Crippen molar-refractivity contribution in [3.63, 3.8) is 0 Å². The molecule has 0 bridgehead atoms. The van der Waals surface area contributed by atoms with Crippen LogP contribution < -0.4 is 0 Å². The van der Waals surface area contributed by atoms with E-state index in [1.807, 2.05) is 0 Å². The van der Waals surface area contributed by atoms with Crippen molar-refractivity contribution in [2.45, 2.75) is 101 Å². The van der Waals surface area contributed by atoms with E-state index < -0.39 is 60.2 Å². The molecule has 250 valence electrons. The van der Waals surface area contributed by atoms with Crippen LogP contribution in [-0.4, -0.2) is 112 Å². The molecule has 2 saturated heterocycles. The van der Waals surface area contributed by atoms with Gasteiger partial charge in [-0.1, -0.05) is 51.4 Å². The standard InChI is InChI=1S/C29H44O15/c1-37-24(31)28(35)43-20-18-41-23-21(19-42-22(20)23)44-29(36)27(34)40-17-13-9-5-4-8-12-16-39-26(33)25(32)38-15-11-7-3-2-6-10-14-30/h20-23,30H,2-19H2,1H3/t20-,21-,22?,23?/m0/s1. The molecule has 4 atom stereocenters. The molecule has 0 aromatic rings. The number of carbonyl (C=O) groups is 6. The first-order valence-corrected chi connectivity index (χ1v) is 15.1. The van der Waals surface area contributed by atoms with Gasteiger partial charge in [0.25, 0.3) is 0 Å². The van der Waals surface area contributed by atoms with Gasteiger partial charge in [0.1, 0.15) is 12.2 Å². The molecule has 2 heterocycles. The molecule has 44 heavy (non-hydrogen) atoms. The van der Waals surface area contributed by atoms with Crippen LogP contribution in [0.5, 0.6) is 0 Å². The molecular formula is C29H44O15. The zero-order valence-electron chi connectivity index (χ0n) is 25.2. The molecule has 0 spiro atoms. The summed E-state index contributed by atoms with van der Waals surface area (Å²) in [7, 11) is 1.04. The normalized spacial score (nSPS) is 20.3. The molecule has 0 aromatic carbocycles. The molecule has 1 N–H and O–H groups in total. The van der Waals surface area contributed by atoms with E-state index in [0.717, 1.165) is 64.9 Å². The van der Waals surface area contributed by atoms with Crippen molar-refractivity contribution in [2.75, 3.05) is 46.8 Å². The largest absolute Gasteiger partial charge is 0.461 e. The first-order valence-electron chi connectivity index (χ1n) is 15.1. The lowest BCUT2D eigenvalue weighted by molar-refractivity contribution is -0.174. The average molecular weight is 633 g/mol. The summed E-state index contributed by atoms with van der Waals surface area (Å²) in [5.74, 6) is -6.67. The topological polar surface area (TPSA) is 196 Å². The van der Waals surface area contributed by atoms with Crippen LogP contribution in [0.1, 0.15) is 77.0 Å². The van der Waals surface area contributed by atoms with Gasteiger partial charge in [-0.05, 0) is 25.7 Å². The lowest BCUT2D eigenvalue weighted by atomic mass is 10.1. The number of carbonyl (C=O) groups excluding carboxylic acids is 6. The van der Waals surface area contributed by atoms with Gasteiger partial charge in [0, 0.05) is 6.61 Å². The third-order valence-electron chi connectivity index (χ3n) is 6.96. The van der Waals surface area contributed by atoms with Crippen molar-refractivity contribution in [1.82, 2.24) is 0 Å². The summed E-state index contributed by atoms with van der Waals surface area (Å²) in [4.78, 5) is 70.3. The minimum absolute atomic E-state index is 0.0344. The Morgan fingerprint density at radius 3 is 1.25 bits per heavy atom. The van der Waals surface area contributed by atoms with Crippen molar-refractivity contribution in [2.24, 2.45) is 0 Å². The minimum Gasteiger partial charge on any atom is -0.461 e. The van der Waals surface area contributed by atoms with Crippen LogP contribution in [0.15, 0.2) is 0 Å². The number of hydrogen-bond acceptors (Lipinski definition) is 15. The van der Waals surface area contributed by atoms with Crippen molar-refractivity contribution < 1.29 is 71.8 Å². The Kier molecular flexibility index (Phi) is 17.9. The molecule has 2 aliphatic rings. The van der Waals surface area contributed by atoms with Gasteiger partial charge in [0.2, 0.25) is 0 Å². The number of methoxy groups -OCH3 is 1. The summed E-state index contributed by atoms with van der Waals surface area (Å²) >= 11 is 0. The van der Waals surface area contributed by atoms with Crippen LogP contribution in [0, 0.1) is 0 Å². The maximum Gasteiger partial charge on any atom is 0.417 e. The van der Waals surface area contributed by atoms with Crippen LogP contribution in [0.2, 0.25) is 0 Å². The van der Waals surface area contributed by atoms with E-state index in [2.05, 4.69) is 4.74 Å². The summed E-state index contributed by atoms with van der Waals surface area (Å²) in [5.41, 5.74) is 0. The van der Waals surface area contributed by atoms with Gasteiger partial charge in [0.05, 0.1) is 40.1 Å². The Labute approximate surface area is 256 Å². The number of hydrogen-bond donors (Lipinski definition) is 1. The Hall–Kier alpha value is -3.30. The van der Waals surface area contributed by atoms with Gasteiger partial charge in [-0.25, -0.2) is 28.8 Å². The first-order chi connectivity index (χ1) is 21.3. The maximum absolute atomic E-state index is 12.1. The third-order valence-corrected chi connectivity index (χ3v) is 6.96. The van der Waals surface area contributed by atoms with Gasteiger partial charge in [0.15, 0.2) is 12.2 Å². The second kappa shape index (κ2) is 21.4. The quantitative estimate of drug-likeness (QED) is 0.0918. The Morgan fingerprint density at radius 2 is 0.864 bits per heavy atom. The Balaban J connectivity index is 1.43. The van der Waals surface area contributed by atoms with Gasteiger partial charge >= 0.3 is 35.8 Å². The molecule has 2 aliphatic heterocycles. The number of unbranched alkanes of at least 4 members (excludes halogenated alkanes) is 10. The smallest absolute Gasteiger partial charge is 0.417 e. The fraction of sp³-hybridized carbons (Fsp3) is 0.793. The number of aliphatic hydroxyl groups is 1. The second-order valence-electron chi connectivity index (χ2n) is 10.3. The highest BCUT2D eigenvalue weighted by Crippen LogP contribution is 2.30. The first kappa shape index (κ1) is 36.9. The second-order valence-corrected chi connectivity index (χ2v) is 10.3.